The molecule has 1 aliphatic rings. The number of anilines is 2. The van der Waals surface area contributed by atoms with Crippen molar-refractivity contribution >= 4 is 23.2 Å². The Kier molecular flexibility index (Phi) is 8.77. The van der Waals surface area contributed by atoms with E-state index in [1.165, 1.54) is 6.42 Å². The summed E-state index contributed by atoms with van der Waals surface area (Å²) in [6.45, 7) is 7.56. The molecule has 28 heavy (non-hydrogen) atoms. The van der Waals surface area contributed by atoms with Crippen LogP contribution >= 0.6 is 0 Å². The molecule has 2 N–H and O–H groups in total. The first-order valence-corrected chi connectivity index (χ1v) is 10.5. The maximum Gasteiger partial charge on any atom is 0.253 e. The van der Waals surface area contributed by atoms with Crippen LogP contribution in [0.15, 0.2) is 18.2 Å². The van der Waals surface area contributed by atoms with Crippen LogP contribution in [-0.4, -0.2) is 57.0 Å². The van der Waals surface area contributed by atoms with E-state index in [2.05, 4.69) is 20.4 Å². The van der Waals surface area contributed by atoms with Crippen molar-refractivity contribution in [3.63, 3.8) is 0 Å². The number of nitrogens with one attached hydrogen (secondary N) is 2. The molecular formula is C22H36N4O2. The summed E-state index contributed by atoms with van der Waals surface area (Å²) in [4.78, 5) is 29.4. The van der Waals surface area contributed by atoms with Gasteiger partial charge in [0.05, 0.1) is 5.56 Å². The van der Waals surface area contributed by atoms with Crippen LogP contribution in [0.1, 0.15) is 56.3 Å². The summed E-state index contributed by atoms with van der Waals surface area (Å²) in [7, 11) is 4.05. The molecule has 0 spiro atoms. The fraction of sp³-hybridized carbons (Fsp3) is 0.636. The van der Waals surface area contributed by atoms with E-state index < -0.39 is 0 Å². The van der Waals surface area contributed by atoms with Gasteiger partial charge in [-0.15, -0.1) is 0 Å². The van der Waals surface area contributed by atoms with Crippen molar-refractivity contribution in [2.75, 3.05) is 50.5 Å². The van der Waals surface area contributed by atoms with Crippen molar-refractivity contribution in [2.24, 2.45) is 5.92 Å². The third-order valence-corrected chi connectivity index (χ3v) is 4.88. The summed E-state index contributed by atoms with van der Waals surface area (Å²) >= 11 is 0. The maximum absolute atomic E-state index is 12.9. The molecule has 1 fully saturated rings. The highest BCUT2D eigenvalue weighted by molar-refractivity contribution is 6.02. The Labute approximate surface area is 169 Å². The first kappa shape index (κ1) is 22.2. The number of hydrogen-bond donors (Lipinski definition) is 2. The Hall–Kier alpha value is -2.08. The third-order valence-electron chi connectivity index (χ3n) is 4.88. The molecule has 1 heterocycles. The van der Waals surface area contributed by atoms with E-state index in [4.69, 9.17) is 0 Å². The Balaban J connectivity index is 2.14. The second-order valence-electron chi connectivity index (χ2n) is 8.34. The molecule has 1 aromatic rings. The summed E-state index contributed by atoms with van der Waals surface area (Å²) in [6.07, 6.45) is 4.92. The molecule has 0 radical (unpaired) electrons. The summed E-state index contributed by atoms with van der Waals surface area (Å²) in [5, 5.41) is 5.98. The van der Waals surface area contributed by atoms with Gasteiger partial charge in [-0.2, -0.15) is 0 Å². The molecule has 2 amide bonds. The van der Waals surface area contributed by atoms with Crippen LogP contribution in [-0.2, 0) is 4.79 Å². The molecule has 2 rings (SSSR count). The molecule has 0 atom stereocenters. The zero-order chi connectivity index (χ0) is 20.5. The van der Waals surface area contributed by atoms with Gasteiger partial charge < -0.3 is 20.4 Å². The molecule has 0 aliphatic carbocycles. The number of hydrogen-bond acceptors (Lipinski definition) is 4. The van der Waals surface area contributed by atoms with Gasteiger partial charge in [-0.3, -0.25) is 9.59 Å². The standard InChI is InChI=1S/C22H36N4O2/c1-17(2)15-21(27)24-18-9-10-20(26-13-6-5-7-14-26)19(16-18)22(28)23-11-8-12-25(3)4/h9-10,16-17H,5-8,11-15H2,1-4H3,(H,23,28)(H,24,27). The van der Waals surface area contributed by atoms with Gasteiger partial charge in [0.25, 0.3) is 5.91 Å². The lowest BCUT2D eigenvalue weighted by Gasteiger charge is -2.30. The summed E-state index contributed by atoms with van der Waals surface area (Å²) < 4.78 is 0. The van der Waals surface area contributed by atoms with Crippen LogP contribution in [0.2, 0.25) is 0 Å². The van der Waals surface area contributed by atoms with Gasteiger partial charge in [-0.05, 0) is 70.4 Å². The van der Waals surface area contributed by atoms with E-state index in [9.17, 15) is 9.59 Å². The Morgan fingerprint density at radius 2 is 1.86 bits per heavy atom. The number of carbonyl (C=O) groups is 2. The summed E-state index contributed by atoms with van der Waals surface area (Å²) in [6, 6.07) is 5.71. The summed E-state index contributed by atoms with van der Waals surface area (Å²) in [5.41, 5.74) is 2.30. The Morgan fingerprint density at radius 1 is 1.14 bits per heavy atom. The van der Waals surface area contributed by atoms with Crippen LogP contribution in [0.3, 0.4) is 0 Å². The maximum atomic E-state index is 12.9. The van der Waals surface area contributed by atoms with Crippen molar-refractivity contribution in [3.05, 3.63) is 23.8 Å². The zero-order valence-electron chi connectivity index (χ0n) is 17.9. The van der Waals surface area contributed by atoms with Gasteiger partial charge >= 0.3 is 0 Å². The SMILES string of the molecule is CC(C)CC(=O)Nc1ccc(N2CCCCC2)c(C(=O)NCCCN(C)C)c1. The highest BCUT2D eigenvalue weighted by Crippen LogP contribution is 2.27. The topological polar surface area (TPSA) is 64.7 Å². The quantitative estimate of drug-likeness (QED) is 0.637. The third kappa shape index (κ3) is 7.15. The van der Waals surface area contributed by atoms with Crippen LogP contribution in [0, 0.1) is 5.92 Å². The van der Waals surface area contributed by atoms with Crippen LogP contribution in [0.5, 0.6) is 0 Å². The molecule has 0 bridgehead atoms. The first-order valence-electron chi connectivity index (χ1n) is 10.5. The van der Waals surface area contributed by atoms with Crippen LogP contribution in [0.4, 0.5) is 11.4 Å². The average molecular weight is 389 g/mol. The van der Waals surface area contributed by atoms with Crippen LogP contribution in [0.25, 0.3) is 0 Å². The minimum atomic E-state index is -0.0701. The minimum absolute atomic E-state index is 0.0157. The van der Waals surface area contributed by atoms with Crippen molar-refractivity contribution in [3.8, 4) is 0 Å². The highest BCUT2D eigenvalue weighted by atomic mass is 16.2. The number of amides is 2. The second-order valence-corrected chi connectivity index (χ2v) is 8.34. The van der Waals surface area contributed by atoms with Gasteiger partial charge in [-0.1, -0.05) is 13.8 Å². The van der Waals surface area contributed by atoms with Gasteiger partial charge in [0, 0.05) is 37.4 Å². The molecule has 6 nitrogen and oxygen atoms in total. The fourth-order valence-electron chi connectivity index (χ4n) is 3.48. The van der Waals surface area contributed by atoms with Gasteiger partial charge in [-0.25, -0.2) is 0 Å². The van der Waals surface area contributed by atoms with Crippen molar-refractivity contribution in [2.45, 2.75) is 46.0 Å². The molecule has 1 aromatic carbocycles. The van der Waals surface area contributed by atoms with Crippen molar-refractivity contribution in [1.82, 2.24) is 10.2 Å². The van der Waals surface area contributed by atoms with E-state index in [0.29, 0.717) is 30.1 Å². The first-order chi connectivity index (χ1) is 13.4. The van der Waals surface area contributed by atoms with Gasteiger partial charge in [0.2, 0.25) is 5.91 Å². The lowest BCUT2D eigenvalue weighted by atomic mass is 10.1. The number of piperidine rings is 1. The lowest BCUT2D eigenvalue weighted by molar-refractivity contribution is -0.116. The summed E-state index contributed by atoms with van der Waals surface area (Å²) in [5.74, 6) is 0.212. The molecule has 6 heteroatoms. The Bertz CT molecular complexity index is 652. The molecular weight excluding hydrogens is 352 g/mol. The van der Waals surface area contributed by atoms with Crippen LogP contribution < -0.4 is 15.5 Å². The predicted octanol–water partition coefficient (Wildman–Crippen LogP) is 3.34. The fourth-order valence-corrected chi connectivity index (χ4v) is 3.48. The number of carbonyl (C=O) groups excluding carboxylic acids is 2. The molecule has 0 saturated carbocycles. The lowest BCUT2D eigenvalue weighted by Crippen LogP contribution is -2.33. The normalized spacial score (nSPS) is 14.4. The number of benzene rings is 1. The number of rotatable bonds is 9. The van der Waals surface area contributed by atoms with Crippen molar-refractivity contribution in [1.29, 1.82) is 0 Å². The smallest absolute Gasteiger partial charge is 0.253 e. The molecule has 156 valence electrons. The predicted molar refractivity (Wildman–Crippen MR) is 116 cm³/mol. The van der Waals surface area contributed by atoms with E-state index in [0.717, 1.165) is 44.6 Å². The molecule has 1 saturated heterocycles. The van der Waals surface area contributed by atoms with E-state index in [1.54, 1.807) is 0 Å². The van der Waals surface area contributed by atoms with E-state index in [-0.39, 0.29) is 11.8 Å². The second kappa shape index (κ2) is 11.1. The highest BCUT2D eigenvalue weighted by Gasteiger charge is 2.19. The van der Waals surface area contributed by atoms with Gasteiger partial charge in [0.1, 0.15) is 0 Å². The monoisotopic (exact) mass is 388 g/mol. The molecule has 0 unspecified atom stereocenters. The number of nitrogens with zero attached hydrogens (tertiary/aromatic N) is 2. The largest absolute Gasteiger partial charge is 0.371 e. The van der Waals surface area contributed by atoms with E-state index >= 15 is 0 Å². The Morgan fingerprint density at radius 3 is 2.50 bits per heavy atom. The average Bonchev–Trinajstić information content (AvgIpc) is 2.65. The molecule has 0 aromatic heterocycles. The minimum Gasteiger partial charge on any atom is -0.371 e. The van der Waals surface area contributed by atoms with Crippen molar-refractivity contribution < 1.29 is 9.59 Å². The zero-order valence-corrected chi connectivity index (χ0v) is 17.9. The van der Waals surface area contributed by atoms with E-state index in [1.807, 2.05) is 46.1 Å². The molecule has 1 aliphatic heterocycles. The van der Waals surface area contributed by atoms with Gasteiger partial charge in [0.15, 0.2) is 0 Å².